The van der Waals surface area contributed by atoms with Gasteiger partial charge in [0.2, 0.25) is 5.91 Å². The fourth-order valence-corrected chi connectivity index (χ4v) is 3.08. The van der Waals surface area contributed by atoms with E-state index in [9.17, 15) is 4.79 Å². The van der Waals surface area contributed by atoms with Crippen molar-refractivity contribution in [1.82, 2.24) is 10.2 Å². The highest BCUT2D eigenvalue weighted by atomic mass is 16.1. The Kier molecular flexibility index (Phi) is 6.64. The van der Waals surface area contributed by atoms with Crippen LogP contribution in [0.5, 0.6) is 0 Å². The van der Waals surface area contributed by atoms with Crippen molar-refractivity contribution in [2.45, 2.75) is 39.5 Å². The van der Waals surface area contributed by atoms with Crippen molar-refractivity contribution in [3.63, 3.8) is 0 Å². The zero-order chi connectivity index (χ0) is 17.5. The summed E-state index contributed by atoms with van der Waals surface area (Å²) in [5.74, 6) is 1.17. The minimum Gasteiger partial charge on any atom is -0.370 e. The smallest absolute Gasteiger partial charge is 0.227 e. The van der Waals surface area contributed by atoms with Gasteiger partial charge in [0.1, 0.15) is 0 Å². The predicted molar refractivity (Wildman–Crippen MR) is 99.1 cm³/mol. The van der Waals surface area contributed by atoms with E-state index in [0.29, 0.717) is 18.4 Å². The fourth-order valence-electron chi connectivity index (χ4n) is 3.08. The standard InChI is InChI=1S/C19H30N4O/c1-14(2)13-16-7-4-5-8-17(16)15(3)18(24)21-9-6-11-23-12-10-22-19(23)20/h4-5,7-8,14-15H,6,9-13H2,1-3H3,(H2,20,22)(H,21,24)/t15-/m1/s1. The lowest BCUT2D eigenvalue weighted by atomic mass is 9.90. The molecule has 1 aliphatic heterocycles. The third-order valence-corrected chi connectivity index (χ3v) is 4.41. The topological polar surface area (TPSA) is 70.7 Å². The molecule has 0 aromatic heterocycles. The first-order chi connectivity index (χ1) is 11.5. The van der Waals surface area contributed by atoms with E-state index in [1.54, 1.807) is 0 Å². The summed E-state index contributed by atoms with van der Waals surface area (Å²) < 4.78 is 0. The second kappa shape index (κ2) is 8.71. The van der Waals surface area contributed by atoms with Crippen LogP contribution in [-0.4, -0.2) is 42.9 Å². The molecule has 1 aliphatic rings. The van der Waals surface area contributed by atoms with E-state index in [0.717, 1.165) is 38.0 Å². The summed E-state index contributed by atoms with van der Waals surface area (Å²) >= 11 is 0. The molecule has 1 heterocycles. The van der Waals surface area contributed by atoms with Gasteiger partial charge in [-0.15, -0.1) is 0 Å². The van der Waals surface area contributed by atoms with Crippen molar-refractivity contribution in [2.75, 3.05) is 26.2 Å². The molecule has 1 amide bonds. The molecule has 5 nitrogen and oxygen atoms in total. The molecule has 0 fully saturated rings. The number of carbonyl (C=O) groups excluding carboxylic acids is 1. The molecule has 0 bridgehead atoms. The number of hydrogen-bond acceptors (Lipinski definition) is 4. The van der Waals surface area contributed by atoms with Gasteiger partial charge in [0.25, 0.3) is 0 Å². The molecule has 24 heavy (non-hydrogen) atoms. The number of nitrogens with one attached hydrogen (secondary N) is 1. The first kappa shape index (κ1) is 18.3. The van der Waals surface area contributed by atoms with E-state index >= 15 is 0 Å². The Labute approximate surface area is 145 Å². The second-order valence-electron chi connectivity index (χ2n) is 6.89. The van der Waals surface area contributed by atoms with E-state index in [1.165, 1.54) is 5.56 Å². The summed E-state index contributed by atoms with van der Waals surface area (Å²) in [4.78, 5) is 18.7. The minimum absolute atomic E-state index is 0.0919. The van der Waals surface area contributed by atoms with Crippen LogP contribution in [0.1, 0.15) is 44.2 Å². The maximum absolute atomic E-state index is 12.5. The number of benzene rings is 1. The summed E-state index contributed by atoms with van der Waals surface area (Å²) in [6.45, 7) is 9.57. The van der Waals surface area contributed by atoms with Crippen LogP contribution >= 0.6 is 0 Å². The normalized spacial score (nSPS) is 15.5. The molecule has 132 valence electrons. The Morgan fingerprint density at radius 2 is 2.08 bits per heavy atom. The summed E-state index contributed by atoms with van der Waals surface area (Å²) in [7, 11) is 0. The van der Waals surface area contributed by atoms with E-state index in [-0.39, 0.29) is 11.8 Å². The third-order valence-electron chi connectivity index (χ3n) is 4.41. The molecule has 5 heteroatoms. The maximum Gasteiger partial charge on any atom is 0.227 e. The zero-order valence-corrected chi connectivity index (χ0v) is 15.1. The number of aliphatic imine (C=N–C) groups is 1. The van der Waals surface area contributed by atoms with Gasteiger partial charge in [-0.2, -0.15) is 0 Å². The Bertz CT molecular complexity index is 582. The van der Waals surface area contributed by atoms with Crippen LogP contribution in [-0.2, 0) is 11.2 Å². The summed E-state index contributed by atoms with van der Waals surface area (Å²) in [5, 5.41) is 3.05. The maximum atomic E-state index is 12.5. The molecule has 0 aliphatic carbocycles. The van der Waals surface area contributed by atoms with Crippen molar-refractivity contribution >= 4 is 11.9 Å². The monoisotopic (exact) mass is 330 g/mol. The number of hydrogen-bond donors (Lipinski definition) is 2. The van der Waals surface area contributed by atoms with Gasteiger partial charge in [-0.25, -0.2) is 0 Å². The average molecular weight is 330 g/mol. The summed E-state index contributed by atoms with van der Waals surface area (Å²) in [6, 6.07) is 8.27. The lowest BCUT2D eigenvalue weighted by Crippen LogP contribution is -2.37. The molecule has 3 N–H and O–H groups in total. The largest absolute Gasteiger partial charge is 0.370 e. The van der Waals surface area contributed by atoms with E-state index < -0.39 is 0 Å². The number of nitrogens with zero attached hydrogens (tertiary/aromatic N) is 2. The van der Waals surface area contributed by atoms with Crippen molar-refractivity contribution < 1.29 is 4.79 Å². The van der Waals surface area contributed by atoms with E-state index in [2.05, 4.69) is 41.2 Å². The zero-order valence-electron chi connectivity index (χ0n) is 15.1. The van der Waals surface area contributed by atoms with Gasteiger partial charge < -0.3 is 16.0 Å². The summed E-state index contributed by atoms with van der Waals surface area (Å²) in [6.07, 6.45) is 1.88. The Morgan fingerprint density at radius 1 is 1.33 bits per heavy atom. The van der Waals surface area contributed by atoms with Gasteiger partial charge in [0.15, 0.2) is 5.96 Å². The van der Waals surface area contributed by atoms with Gasteiger partial charge in [-0.05, 0) is 36.8 Å². The van der Waals surface area contributed by atoms with Crippen LogP contribution in [0.2, 0.25) is 0 Å². The van der Waals surface area contributed by atoms with Gasteiger partial charge in [-0.3, -0.25) is 9.79 Å². The number of amides is 1. The molecule has 0 saturated carbocycles. The lowest BCUT2D eigenvalue weighted by molar-refractivity contribution is -0.122. The Morgan fingerprint density at radius 3 is 2.75 bits per heavy atom. The second-order valence-corrected chi connectivity index (χ2v) is 6.89. The average Bonchev–Trinajstić information content (AvgIpc) is 2.96. The van der Waals surface area contributed by atoms with Crippen LogP contribution in [0.4, 0.5) is 0 Å². The molecule has 1 atom stereocenters. The van der Waals surface area contributed by atoms with E-state index in [4.69, 9.17) is 5.73 Å². The van der Waals surface area contributed by atoms with Gasteiger partial charge >= 0.3 is 0 Å². The molecule has 0 saturated heterocycles. The molecular formula is C19H30N4O. The predicted octanol–water partition coefficient (Wildman–Crippen LogP) is 2.13. The number of carbonyl (C=O) groups is 1. The highest BCUT2D eigenvalue weighted by Crippen LogP contribution is 2.22. The van der Waals surface area contributed by atoms with Crippen LogP contribution in [0.3, 0.4) is 0 Å². The number of rotatable bonds is 8. The fraction of sp³-hybridized carbons (Fsp3) is 0.579. The Balaban J connectivity index is 1.83. The first-order valence-corrected chi connectivity index (χ1v) is 8.89. The lowest BCUT2D eigenvalue weighted by Gasteiger charge is -2.19. The van der Waals surface area contributed by atoms with Crippen LogP contribution in [0.25, 0.3) is 0 Å². The van der Waals surface area contributed by atoms with Crippen molar-refractivity contribution in [1.29, 1.82) is 0 Å². The van der Waals surface area contributed by atoms with E-state index in [1.807, 2.05) is 19.1 Å². The molecular weight excluding hydrogens is 300 g/mol. The highest BCUT2D eigenvalue weighted by molar-refractivity contribution is 5.83. The SMILES string of the molecule is CC(C)Cc1ccccc1[C@@H](C)C(=O)NCCCN1CCN=C1N. The third kappa shape index (κ3) is 4.98. The van der Waals surface area contributed by atoms with Crippen molar-refractivity contribution in [2.24, 2.45) is 16.6 Å². The molecule has 0 radical (unpaired) electrons. The van der Waals surface area contributed by atoms with Gasteiger partial charge in [0, 0.05) is 19.6 Å². The summed E-state index contributed by atoms with van der Waals surface area (Å²) in [5.41, 5.74) is 8.20. The van der Waals surface area contributed by atoms with Crippen LogP contribution < -0.4 is 11.1 Å². The minimum atomic E-state index is -0.127. The van der Waals surface area contributed by atoms with Gasteiger partial charge in [-0.1, -0.05) is 38.1 Å². The van der Waals surface area contributed by atoms with Gasteiger partial charge in [0.05, 0.1) is 12.5 Å². The van der Waals surface area contributed by atoms with Crippen molar-refractivity contribution in [3.8, 4) is 0 Å². The molecule has 0 unspecified atom stereocenters. The quantitative estimate of drug-likeness (QED) is 0.717. The van der Waals surface area contributed by atoms with Crippen molar-refractivity contribution in [3.05, 3.63) is 35.4 Å². The first-order valence-electron chi connectivity index (χ1n) is 8.89. The number of guanidine groups is 1. The molecule has 2 rings (SSSR count). The molecule has 1 aromatic carbocycles. The van der Waals surface area contributed by atoms with Crippen LogP contribution in [0.15, 0.2) is 29.3 Å². The Hall–Kier alpha value is -2.04. The molecule has 1 aromatic rings. The number of nitrogens with two attached hydrogens (primary N) is 1. The van der Waals surface area contributed by atoms with Crippen LogP contribution in [0, 0.1) is 5.92 Å². The highest BCUT2D eigenvalue weighted by Gasteiger charge is 2.18. The molecule has 0 spiro atoms.